The van der Waals surface area contributed by atoms with Gasteiger partial charge in [0.2, 0.25) is 0 Å². The Balaban J connectivity index is 1.91. The summed E-state index contributed by atoms with van der Waals surface area (Å²) in [6, 6.07) is 5.02. The summed E-state index contributed by atoms with van der Waals surface area (Å²) < 4.78 is 19.2. The van der Waals surface area contributed by atoms with Crippen molar-refractivity contribution in [2.45, 2.75) is 38.8 Å². The second kappa shape index (κ2) is 3.90. The number of anilines is 1. The number of halogens is 1. The van der Waals surface area contributed by atoms with Crippen LogP contribution in [0, 0.1) is 17.7 Å². The summed E-state index contributed by atoms with van der Waals surface area (Å²) in [5.74, 6) is 1.85. The van der Waals surface area contributed by atoms with Crippen LogP contribution in [-0.2, 0) is 0 Å². The summed E-state index contributed by atoms with van der Waals surface area (Å²) in [6.07, 6.45) is 2.52. The lowest BCUT2D eigenvalue weighted by Gasteiger charge is -2.43. The molecule has 3 rings (SSSR count). The van der Waals surface area contributed by atoms with Crippen LogP contribution in [0.4, 0.5) is 10.1 Å². The van der Waals surface area contributed by atoms with Gasteiger partial charge < -0.3 is 10.1 Å². The highest BCUT2D eigenvalue weighted by Gasteiger charge is 2.38. The zero-order valence-corrected chi connectivity index (χ0v) is 10.2. The van der Waals surface area contributed by atoms with Gasteiger partial charge in [-0.25, -0.2) is 4.39 Å². The fourth-order valence-corrected chi connectivity index (χ4v) is 3.20. The molecule has 0 aromatic heterocycles. The molecule has 2 nitrogen and oxygen atoms in total. The van der Waals surface area contributed by atoms with Crippen LogP contribution >= 0.6 is 0 Å². The summed E-state index contributed by atoms with van der Waals surface area (Å²) in [5.41, 5.74) is 0.799. The summed E-state index contributed by atoms with van der Waals surface area (Å²) in [7, 11) is 0. The Morgan fingerprint density at radius 3 is 2.94 bits per heavy atom. The maximum Gasteiger partial charge on any atom is 0.143 e. The van der Waals surface area contributed by atoms with E-state index in [-0.39, 0.29) is 11.9 Å². The van der Waals surface area contributed by atoms with Gasteiger partial charge in [0, 0.05) is 6.07 Å². The Bertz CT molecular complexity index is 434. The Labute approximate surface area is 101 Å². The molecule has 0 bridgehead atoms. The number of benzene rings is 1. The van der Waals surface area contributed by atoms with Gasteiger partial charge in [-0.05, 0) is 36.8 Å². The molecule has 1 fully saturated rings. The SMILES string of the molecule is CC1CC(C)C2Nc3cc(F)ccc3OC2C1. The molecule has 4 unspecified atom stereocenters. The zero-order chi connectivity index (χ0) is 12.0. The van der Waals surface area contributed by atoms with Crippen LogP contribution in [0.15, 0.2) is 18.2 Å². The molecule has 1 N–H and O–H groups in total. The smallest absolute Gasteiger partial charge is 0.143 e. The molecule has 3 heteroatoms. The third-order valence-corrected chi connectivity index (χ3v) is 3.96. The Morgan fingerprint density at radius 1 is 1.29 bits per heavy atom. The first-order valence-electron chi connectivity index (χ1n) is 6.36. The molecule has 92 valence electrons. The molecule has 0 radical (unpaired) electrons. The minimum atomic E-state index is -0.213. The fraction of sp³-hybridized carbons (Fsp3) is 0.571. The predicted molar refractivity (Wildman–Crippen MR) is 65.8 cm³/mol. The van der Waals surface area contributed by atoms with Crippen molar-refractivity contribution in [2.24, 2.45) is 11.8 Å². The number of fused-ring (bicyclic) bond motifs is 2. The van der Waals surface area contributed by atoms with Crippen molar-refractivity contribution < 1.29 is 9.13 Å². The molecule has 17 heavy (non-hydrogen) atoms. The highest BCUT2D eigenvalue weighted by molar-refractivity contribution is 5.59. The normalized spacial score (nSPS) is 35.2. The molecule has 0 saturated heterocycles. The van der Waals surface area contributed by atoms with Gasteiger partial charge in [-0.2, -0.15) is 0 Å². The van der Waals surface area contributed by atoms with Gasteiger partial charge in [0.1, 0.15) is 17.7 Å². The van der Waals surface area contributed by atoms with Crippen LogP contribution in [0.2, 0.25) is 0 Å². The van der Waals surface area contributed by atoms with Crippen LogP contribution in [0.5, 0.6) is 5.75 Å². The third-order valence-electron chi connectivity index (χ3n) is 3.96. The summed E-state index contributed by atoms with van der Waals surface area (Å²) in [6.45, 7) is 4.52. The molecule has 1 aliphatic carbocycles. The molecular formula is C14H18FNO. The summed E-state index contributed by atoms with van der Waals surface area (Å²) >= 11 is 0. The molecule has 0 spiro atoms. The Morgan fingerprint density at radius 2 is 2.12 bits per heavy atom. The lowest BCUT2D eigenvalue weighted by molar-refractivity contribution is 0.0775. The van der Waals surface area contributed by atoms with Crippen molar-refractivity contribution >= 4 is 5.69 Å². The van der Waals surface area contributed by atoms with Crippen molar-refractivity contribution in [3.63, 3.8) is 0 Å². The van der Waals surface area contributed by atoms with Gasteiger partial charge in [-0.3, -0.25) is 0 Å². The van der Waals surface area contributed by atoms with Crippen LogP contribution in [0.3, 0.4) is 0 Å². The van der Waals surface area contributed by atoms with Crippen LogP contribution < -0.4 is 10.1 Å². The minimum absolute atomic E-state index is 0.213. The van der Waals surface area contributed by atoms with Crippen molar-refractivity contribution in [1.82, 2.24) is 0 Å². The molecule has 4 atom stereocenters. The van der Waals surface area contributed by atoms with E-state index in [1.54, 1.807) is 6.07 Å². The first-order valence-corrected chi connectivity index (χ1v) is 6.36. The van der Waals surface area contributed by atoms with Gasteiger partial charge in [0.15, 0.2) is 0 Å². The van der Waals surface area contributed by atoms with Crippen molar-refractivity contribution in [2.75, 3.05) is 5.32 Å². The second-order valence-corrected chi connectivity index (χ2v) is 5.52. The molecular weight excluding hydrogens is 217 g/mol. The number of hydrogen-bond acceptors (Lipinski definition) is 2. The van der Waals surface area contributed by atoms with E-state index >= 15 is 0 Å². The Kier molecular flexibility index (Phi) is 2.49. The van der Waals surface area contributed by atoms with Gasteiger partial charge in [0.25, 0.3) is 0 Å². The zero-order valence-electron chi connectivity index (χ0n) is 10.2. The summed E-state index contributed by atoms with van der Waals surface area (Å²) in [4.78, 5) is 0. The van der Waals surface area contributed by atoms with Gasteiger partial charge >= 0.3 is 0 Å². The molecule has 1 aromatic carbocycles. The van der Waals surface area contributed by atoms with Crippen molar-refractivity contribution in [3.05, 3.63) is 24.0 Å². The average Bonchev–Trinajstić information content (AvgIpc) is 2.27. The van der Waals surface area contributed by atoms with E-state index in [4.69, 9.17) is 4.74 Å². The molecule has 1 aliphatic heterocycles. The number of nitrogens with one attached hydrogen (secondary N) is 1. The van der Waals surface area contributed by atoms with E-state index in [9.17, 15) is 4.39 Å². The minimum Gasteiger partial charge on any atom is -0.486 e. The topological polar surface area (TPSA) is 21.3 Å². The van der Waals surface area contributed by atoms with Gasteiger partial charge in [-0.15, -0.1) is 0 Å². The molecule has 2 aliphatic rings. The third kappa shape index (κ3) is 1.88. The Hall–Kier alpha value is -1.25. The van der Waals surface area contributed by atoms with E-state index in [2.05, 4.69) is 19.2 Å². The van der Waals surface area contributed by atoms with E-state index < -0.39 is 0 Å². The van der Waals surface area contributed by atoms with E-state index in [0.717, 1.165) is 17.9 Å². The largest absolute Gasteiger partial charge is 0.486 e. The van der Waals surface area contributed by atoms with Crippen molar-refractivity contribution in [3.8, 4) is 5.75 Å². The van der Waals surface area contributed by atoms with E-state index in [1.807, 2.05) is 0 Å². The van der Waals surface area contributed by atoms with Gasteiger partial charge in [-0.1, -0.05) is 13.8 Å². The summed E-state index contributed by atoms with van der Waals surface area (Å²) in [5, 5.41) is 3.45. The first-order chi connectivity index (χ1) is 8.13. The van der Waals surface area contributed by atoms with Gasteiger partial charge in [0.05, 0.1) is 11.7 Å². The maximum absolute atomic E-state index is 13.2. The quantitative estimate of drug-likeness (QED) is 0.743. The maximum atomic E-state index is 13.2. The molecule has 0 amide bonds. The van der Waals surface area contributed by atoms with Crippen molar-refractivity contribution in [1.29, 1.82) is 0 Å². The number of rotatable bonds is 0. The van der Waals surface area contributed by atoms with E-state index in [1.165, 1.54) is 18.6 Å². The lowest BCUT2D eigenvalue weighted by Crippen LogP contribution is -2.49. The number of hydrogen-bond donors (Lipinski definition) is 1. The predicted octanol–water partition coefficient (Wildman–Crippen LogP) is 3.43. The molecule has 1 heterocycles. The van der Waals surface area contributed by atoms with Crippen LogP contribution in [-0.4, -0.2) is 12.1 Å². The highest BCUT2D eigenvalue weighted by atomic mass is 19.1. The monoisotopic (exact) mass is 235 g/mol. The average molecular weight is 235 g/mol. The second-order valence-electron chi connectivity index (χ2n) is 5.52. The number of ether oxygens (including phenoxy) is 1. The standard InChI is InChI=1S/C14H18FNO/c1-8-5-9(2)14-13(6-8)17-12-4-3-10(15)7-11(12)16-14/h3-4,7-9,13-14,16H,5-6H2,1-2H3. The molecule has 1 saturated carbocycles. The first kappa shape index (κ1) is 10.9. The molecule has 1 aromatic rings. The highest BCUT2D eigenvalue weighted by Crippen LogP contribution is 2.40. The van der Waals surface area contributed by atoms with Crippen LogP contribution in [0.1, 0.15) is 26.7 Å². The fourth-order valence-electron chi connectivity index (χ4n) is 3.20. The lowest BCUT2D eigenvalue weighted by atomic mass is 9.77. The van der Waals surface area contributed by atoms with Crippen LogP contribution in [0.25, 0.3) is 0 Å². The van der Waals surface area contributed by atoms with E-state index in [0.29, 0.717) is 17.9 Å².